The van der Waals surface area contributed by atoms with E-state index in [-0.39, 0.29) is 6.42 Å². The number of pyridine rings is 1. The molecule has 1 aromatic heterocycles. The molecule has 1 atom stereocenters. The van der Waals surface area contributed by atoms with Crippen molar-refractivity contribution in [3.63, 3.8) is 0 Å². The lowest BCUT2D eigenvalue weighted by Crippen LogP contribution is -2.50. The monoisotopic (exact) mass is 327 g/mol. The van der Waals surface area contributed by atoms with Crippen molar-refractivity contribution < 1.29 is 9.90 Å². The average molecular weight is 328 g/mol. The highest BCUT2D eigenvalue weighted by atomic mass is 79.9. The van der Waals surface area contributed by atoms with Crippen LogP contribution in [0.4, 0.5) is 5.82 Å². The van der Waals surface area contributed by atoms with Gasteiger partial charge in [-0.15, -0.1) is 0 Å². The van der Waals surface area contributed by atoms with Crippen LogP contribution >= 0.6 is 15.9 Å². The number of amides is 1. The largest absolute Gasteiger partial charge is 0.388 e. The first-order chi connectivity index (χ1) is 8.89. The summed E-state index contributed by atoms with van der Waals surface area (Å²) in [6, 6.07) is 3.85. The van der Waals surface area contributed by atoms with E-state index in [2.05, 4.69) is 20.9 Å². The van der Waals surface area contributed by atoms with Gasteiger partial charge >= 0.3 is 0 Å². The normalized spacial score (nSPS) is 23.4. The van der Waals surface area contributed by atoms with Crippen LogP contribution in [0.3, 0.4) is 0 Å². The minimum absolute atomic E-state index is 0.000982. The number of nitrogens with zero attached hydrogens (tertiary/aromatic N) is 2. The first kappa shape index (κ1) is 14.3. The Morgan fingerprint density at radius 2 is 2.37 bits per heavy atom. The summed E-state index contributed by atoms with van der Waals surface area (Å²) in [5.41, 5.74) is 5.07. The number of aryl methyl sites for hydroxylation is 1. The molecule has 2 rings (SSSR count). The van der Waals surface area contributed by atoms with Crippen molar-refractivity contribution in [1.29, 1.82) is 0 Å². The number of nitrogens with two attached hydrogens (primary N) is 1. The summed E-state index contributed by atoms with van der Waals surface area (Å²) >= 11 is 3.42. The van der Waals surface area contributed by atoms with E-state index < -0.39 is 11.5 Å². The molecule has 0 aromatic carbocycles. The van der Waals surface area contributed by atoms with Gasteiger partial charge in [-0.3, -0.25) is 4.79 Å². The molecule has 1 fully saturated rings. The van der Waals surface area contributed by atoms with E-state index in [9.17, 15) is 9.90 Å². The molecule has 0 radical (unpaired) electrons. The molecule has 6 heteroatoms. The summed E-state index contributed by atoms with van der Waals surface area (Å²) in [7, 11) is 0. The van der Waals surface area contributed by atoms with Crippen molar-refractivity contribution >= 4 is 27.7 Å². The lowest BCUT2D eigenvalue weighted by atomic mass is 9.89. The van der Waals surface area contributed by atoms with E-state index in [0.29, 0.717) is 13.0 Å². The standard InChI is InChI=1S/C13H18BrN3O2/c1-9-10(14)3-4-12(16-9)17-6-2-5-13(19,8-17)7-11(15)18/h3-4,19H,2,5-8H2,1H3,(H2,15,18). The van der Waals surface area contributed by atoms with Crippen LogP contribution in [0.15, 0.2) is 16.6 Å². The molecule has 0 bridgehead atoms. The number of β-amino-alcohol motifs (C(OH)–C–C–N with tert-alkyl or cyclic N) is 1. The molecule has 104 valence electrons. The lowest BCUT2D eigenvalue weighted by Gasteiger charge is -2.39. The van der Waals surface area contributed by atoms with Gasteiger partial charge in [-0.25, -0.2) is 4.98 Å². The second kappa shape index (κ2) is 5.46. The van der Waals surface area contributed by atoms with Crippen LogP contribution in [0, 0.1) is 6.92 Å². The van der Waals surface area contributed by atoms with Crippen molar-refractivity contribution in [1.82, 2.24) is 4.98 Å². The third-order valence-electron chi connectivity index (χ3n) is 3.39. The van der Waals surface area contributed by atoms with E-state index in [1.807, 2.05) is 24.0 Å². The first-order valence-electron chi connectivity index (χ1n) is 6.28. The smallest absolute Gasteiger partial charge is 0.220 e. The Kier molecular flexibility index (Phi) is 4.10. The van der Waals surface area contributed by atoms with Gasteiger partial charge in [0, 0.05) is 17.6 Å². The summed E-state index contributed by atoms with van der Waals surface area (Å²) in [6.45, 7) is 3.15. The minimum atomic E-state index is -1.03. The molecule has 1 aliphatic rings. The number of aromatic nitrogens is 1. The molecule has 1 unspecified atom stereocenters. The van der Waals surface area contributed by atoms with Gasteiger partial charge in [-0.05, 0) is 47.8 Å². The van der Waals surface area contributed by atoms with Crippen LogP contribution in [0.1, 0.15) is 25.0 Å². The Morgan fingerprint density at radius 1 is 1.63 bits per heavy atom. The van der Waals surface area contributed by atoms with Crippen LogP contribution in [-0.4, -0.2) is 34.7 Å². The molecule has 1 amide bonds. The summed E-state index contributed by atoms with van der Waals surface area (Å²) in [5.74, 6) is 0.354. The predicted molar refractivity (Wildman–Crippen MR) is 76.9 cm³/mol. The first-order valence-corrected chi connectivity index (χ1v) is 7.08. The quantitative estimate of drug-likeness (QED) is 0.878. The molecule has 1 aromatic rings. The number of rotatable bonds is 3. The van der Waals surface area contributed by atoms with Crippen molar-refractivity contribution in [3.8, 4) is 0 Å². The predicted octanol–water partition coefficient (Wildman–Crippen LogP) is 1.36. The highest BCUT2D eigenvalue weighted by Gasteiger charge is 2.35. The van der Waals surface area contributed by atoms with Gasteiger partial charge < -0.3 is 15.7 Å². The number of hydrogen-bond acceptors (Lipinski definition) is 4. The van der Waals surface area contributed by atoms with Crippen molar-refractivity contribution in [3.05, 3.63) is 22.3 Å². The Hall–Kier alpha value is -1.14. The number of anilines is 1. The second-order valence-corrected chi connectivity index (χ2v) is 5.98. The SMILES string of the molecule is Cc1nc(N2CCCC(O)(CC(N)=O)C2)ccc1Br. The molecular formula is C13H18BrN3O2. The van der Waals surface area contributed by atoms with E-state index in [1.165, 1.54) is 0 Å². The van der Waals surface area contributed by atoms with Gasteiger partial charge in [0.1, 0.15) is 5.82 Å². The van der Waals surface area contributed by atoms with E-state index in [4.69, 9.17) is 5.73 Å². The van der Waals surface area contributed by atoms with Crippen molar-refractivity contribution in [2.75, 3.05) is 18.0 Å². The van der Waals surface area contributed by atoms with Crippen LogP contribution < -0.4 is 10.6 Å². The third kappa shape index (κ3) is 3.45. The third-order valence-corrected chi connectivity index (χ3v) is 4.23. The number of halogens is 1. The molecule has 0 saturated carbocycles. The maximum absolute atomic E-state index is 11.0. The van der Waals surface area contributed by atoms with Crippen LogP contribution in [-0.2, 0) is 4.79 Å². The topological polar surface area (TPSA) is 79.4 Å². The van der Waals surface area contributed by atoms with Gasteiger partial charge in [0.15, 0.2) is 0 Å². The fourth-order valence-electron chi connectivity index (χ4n) is 2.48. The summed E-state index contributed by atoms with van der Waals surface area (Å²) < 4.78 is 0.959. The Labute approximate surface area is 120 Å². The Morgan fingerprint density at radius 3 is 3.00 bits per heavy atom. The Bertz CT molecular complexity index is 495. The minimum Gasteiger partial charge on any atom is -0.388 e. The summed E-state index contributed by atoms with van der Waals surface area (Å²) in [6.07, 6.45) is 1.42. The number of carbonyl (C=O) groups is 1. The Balaban J connectivity index is 2.16. The molecule has 3 N–H and O–H groups in total. The summed E-state index contributed by atoms with van der Waals surface area (Å²) in [5, 5.41) is 10.4. The van der Waals surface area contributed by atoms with Crippen LogP contribution in [0.25, 0.3) is 0 Å². The number of hydrogen-bond donors (Lipinski definition) is 2. The number of carbonyl (C=O) groups excluding carboxylic acids is 1. The van der Waals surface area contributed by atoms with Gasteiger partial charge in [-0.2, -0.15) is 0 Å². The number of primary amides is 1. The zero-order valence-electron chi connectivity index (χ0n) is 10.9. The fourth-order valence-corrected chi connectivity index (χ4v) is 2.70. The maximum atomic E-state index is 11.0. The number of aliphatic hydroxyl groups is 1. The molecule has 1 aliphatic heterocycles. The average Bonchev–Trinajstić information content (AvgIpc) is 2.31. The molecular weight excluding hydrogens is 310 g/mol. The second-order valence-electron chi connectivity index (χ2n) is 5.13. The van der Waals surface area contributed by atoms with Crippen LogP contribution in [0.5, 0.6) is 0 Å². The maximum Gasteiger partial charge on any atom is 0.220 e. The van der Waals surface area contributed by atoms with Crippen molar-refractivity contribution in [2.24, 2.45) is 5.73 Å². The molecule has 2 heterocycles. The summed E-state index contributed by atoms with van der Waals surface area (Å²) in [4.78, 5) is 17.5. The zero-order valence-corrected chi connectivity index (χ0v) is 12.5. The highest BCUT2D eigenvalue weighted by Crippen LogP contribution is 2.28. The lowest BCUT2D eigenvalue weighted by molar-refractivity contribution is -0.123. The molecule has 0 spiro atoms. The van der Waals surface area contributed by atoms with Crippen LogP contribution in [0.2, 0.25) is 0 Å². The van der Waals surface area contributed by atoms with Gasteiger partial charge in [0.05, 0.1) is 17.7 Å². The highest BCUT2D eigenvalue weighted by molar-refractivity contribution is 9.10. The van der Waals surface area contributed by atoms with E-state index in [1.54, 1.807) is 0 Å². The van der Waals surface area contributed by atoms with Gasteiger partial charge in [0.25, 0.3) is 0 Å². The van der Waals surface area contributed by atoms with Crippen molar-refractivity contribution in [2.45, 2.75) is 31.8 Å². The molecule has 19 heavy (non-hydrogen) atoms. The molecule has 0 aliphatic carbocycles. The van der Waals surface area contributed by atoms with E-state index >= 15 is 0 Å². The fraction of sp³-hybridized carbons (Fsp3) is 0.538. The molecule has 5 nitrogen and oxygen atoms in total. The van der Waals surface area contributed by atoms with Gasteiger partial charge in [-0.1, -0.05) is 0 Å². The van der Waals surface area contributed by atoms with E-state index in [0.717, 1.165) is 29.0 Å². The zero-order chi connectivity index (χ0) is 14.0. The molecule has 1 saturated heterocycles. The van der Waals surface area contributed by atoms with Gasteiger partial charge in [0.2, 0.25) is 5.91 Å². The number of piperidine rings is 1.